The van der Waals surface area contributed by atoms with Gasteiger partial charge in [0.2, 0.25) is 5.91 Å². The molecule has 2 nitrogen and oxygen atoms in total. The van der Waals surface area contributed by atoms with Gasteiger partial charge >= 0.3 is 0 Å². The molecular formula is C16H23NO. The SMILES string of the molecule is O=C(N1CC2CC2C1)C12CC3CC(CC(C3)C1)C2. The predicted molar refractivity (Wildman–Crippen MR) is 68.8 cm³/mol. The van der Waals surface area contributed by atoms with Gasteiger partial charge in [-0.15, -0.1) is 0 Å². The van der Waals surface area contributed by atoms with Crippen LogP contribution in [0.5, 0.6) is 0 Å². The average molecular weight is 245 g/mol. The van der Waals surface area contributed by atoms with Crippen LogP contribution in [0.3, 0.4) is 0 Å². The molecule has 1 heterocycles. The number of amides is 1. The van der Waals surface area contributed by atoms with Gasteiger partial charge in [-0.2, -0.15) is 0 Å². The Morgan fingerprint density at radius 1 is 0.833 bits per heavy atom. The minimum atomic E-state index is 0.117. The number of piperidine rings is 1. The zero-order valence-corrected chi connectivity index (χ0v) is 11.1. The van der Waals surface area contributed by atoms with E-state index in [9.17, 15) is 4.79 Å². The van der Waals surface area contributed by atoms with Crippen LogP contribution in [0.25, 0.3) is 0 Å². The van der Waals surface area contributed by atoms with Crippen LogP contribution in [0.15, 0.2) is 0 Å². The van der Waals surface area contributed by atoms with Crippen LogP contribution in [0.1, 0.15) is 44.9 Å². The van der Waals surface area contributed by atoms with E-state index in [1.165, 1.54) is 44.9 Å². The van der Waals surface area contributed by atoms with Crippen LogP contribution < -0.4 is 0 Å². The van der Waals surface area contributed by atoms with Gasteiger partial charge in [0, 0.05) is 13.1 Å². The Hall–Kier alpha value is -0.530. The van der Waals surface area contributed by atoms with Crippen molar-refractivity contribution in [1.29, 1.82) is 0 Å². The maximum absolute atomic E-state index is 13.0. The highest BCUT2D eigenvalue weighted by atomic mass is 16.2. The van der Waals surface area contributed by atoms with Gasteiger partial charge in [-0.25, -0.2) is 0 Å². The van der Waals surface area contributed by atoms with Crippen molar-refractivity contribution in [2.75, 3.05) is 13.1 Å². The number of carbonyl (C=O) groups excluding carboxylic acids is 1. The van der Waals surface area contributed by atoms with Crippen molar-refractivity contribution in [3.05, 3.63) is 0 Å². The molecular weight excluding hydrogens is 222 g/mol. The highest BCUT2D eigenvalue weighted by molar-refractivity contribution is 5.83. The molecule has 18 heavy (non-hydrogen) atoms. The summed E-state index contributed by atoms with van der Waals surface area (Å²) in [5.41, 5.74) is 0.117. The van der Waals surface area contributed by atoms with Gasteiger partial charge in [0.1, 0.15) is 0 Å². The van der Waals surface area contributed by atoms with E-state index in [0.717, 1.165) is 42.7 Å². The lowest BCUT2D eigenvalue weighted by Crippen LogP contribution is -2.54. The van der Waals surface area contributed by atoms with Crippen molar-refractivity contribution >= 4 is 5.91 Å². The first-order valence-corrected chi connectivity index (χ1v) is 8.01. The van der Waals surface area contributed by atoms with Crippen molar-refractivity contribution in [3.63, 3.8) is 0 Å². The first-order valence-electron chi connectivity index (χ1n) is 8.01. The summed E-state index contributed by atoms with van der Waals surface area (Å²) in [6.45, 7) is 2.20. The number of rotatable bonds is 1. The van der Waals surface area contributed by atoms with E-state index in [4.69, 9.17) is 0 Å². The molecule has 6 fully saturated rings. The summed E-state index contributed by atoms with van der Waals surface area (Å²) >= 11 is 0. The number of hydrogen-bond donors (Lipinski definition) is 0. The summed E-state index contributed by atoms with van der Waals surface area (Å²) in [6.07, 6.45) is 9.45. The summed E-state index contributed by atoms with van der Waals surface area (Å²) in [5, 5.41) is 0. The monoisotopic (exact) mass is 245 g/mol. The summed E-state index contributed by atoms with van der Waals surface area (Å²) in [7, 11) is 0. The molecule has 5 saturated carbocycles. The third kappa shape index (κ3) is 1.27. The van der Waals surface area contributed by atoms with Crippen LogP contribution >= 0.6 is 0 Å². The van der Waals surface area contributed by atoms with Crippen LogP contribution in [0.2, 0.25) is 0 Å². The van der Waals surface area contributed by atoms with E-state index in [0.29, 0.717) is 5.91 Å². The maximum Gasteiger partial charge on any atom is 0.228 e. The van der Waals surface area contributed by atoms with Crippen LogP contribution in [0, 0.1) is 35.0 Å². The van der Waals surface area contributed by atoms with Gasteiger partial charge in [0.15, 0.2) is 0 Å². The molecule has 2 atom stereocenters. The number of carbonyl (C=O) groups is 1. The Balaban J connectivity index is 1.43. The Morgan fingerprint density at radius 2 is 1.33 bits per heavy atom. The maximum atomic E-state index is 13.0. The molecule has 0 aromatic heterocycles. The fraction of sp³-hybridized carbons (Fsp3) is 0.938. The zero-order valence-electron chi connectivity index (χ0n) is 11.1. The molecule has 0 aromatic rings. The molecule has 0 N–H and O–H groups in total. The standard InChI is InChI=1S/C16H23NO/c18-15(17-8-13-4-14(13)9-17)16-5-10-1-11(6-16)3-12(2-10)7-16/h10-14H,1-9H2. The van der Waals surface area contributed by atoms with Crippen molar-refractivity contribution in [2.45, 2.75) is 44.9 Å². The van der Waals surface area contributed by atoms with E-state index in [1.54, 1.807) is 0 Å². The molecule has 5 aliphatic carbocycles. The summed E-state index contributed by atoms with van der Waals surface area (Å²) < 4.78 is 0. The fourth-order valence-corrected chi connectivity index (χ4v) is 6.27. The van der Waals surface area contributed by atoms with Gasteiger partial charge in [-0.3, -0.25) is 4.79 Å². The average Bonchev–Trinajstić information content (AvgIpc) is 2.93. The Bertz CT molecular complexity index is 370. The van der Waals surface area contributed by atoms with E-state index in [-0.39, 0.29) is 5.41 Å². The van der Waals surface area contributed by atoms with Gasteiger partial charge in [-0.1, -0.05) is 0 Å². The van der Waals surface area contributed by atoms with Gasteiger partial charge < -0.3 is 4.90 Å². The molecule has 1 aliphatic heterocycles. The summed E-state index contributed by atoms with van der Waals surface area (Å²) in [4.78, 5) is 15.2. The minimum Gasteiger partial charge on any atom is -0.342 e. The van der Waals surface area contributed by atoms with Crippen molar-refractivity contribution < 1.29 is 4.79 Å². The molecule has 1 saturated heterocycles. The normalized spacial score (nSPS) is 55.8. The molecule has 6 aliphatic rings. The molecule has 6 rings (SSSR count). The third-order valence-electron chi connectivity index (χ3n) is 6.76. The summed E-state index contributed by atoms with van der Waals surface area (Å²) in [6, 6.07) is 0. The van der Waals surface area contributed by atoms with Crippen molar-refractivity contribution in [2.24, 2.45) is 35.0 Å². The highest BCUT2D eigenvalue weighted by Crippen LogP contribution is 2.61. The van der Waals surface area contributed by atoms with E-state index >= 15 is 0 Å². The van der Waals surface area contributed by atoms with Gasteiger partial charge in [-0.05, 0) is 74.5 Å². The van der Waals surface area contributed by atoms with E-state index < -0.39 is 0 Å². The second-order valence-corrected chi connectivity index (χ2v) is 8.16. The molecule has 4 bridgehead atoms. The summed E-state index contributed by atoms with van der Waals surface area (Å²) in [5.74, 6) is 5.06. The molecule has 2 unspecified atom stereocenters. The quantitative estimate of drug-likeness (QED) is 0.695. The molecule has 0 aromatic carbocycles. The first kappa shape index (κ1) is 10.3. The lowest BCUT2D eigenvalue weighted by atomic mass is 9.49. The minimum absolute atomic E-state index is 0.117. The van der Waals surface area contributed by atoms with Crippen molar-refractivity contribution in [3.8, 4) is 0 Å². The molecule has 0 spiro atoms. The zero-order chi connectivity index (χ0) is 11.9. The highest BCUT2D eigenvalue weighted by Gasteiger charge is 2.57. The molecule has 98 valence electrons. The largest absolute Gasteiger partial charge is 0.342 e. The Labute approximate surface area is 109 Å². The Morgan fingerprint density at radius 3 is 1.83 bits per heavy atom. The number of nitrogens with zero attached hydrogens (tertiary/aromatic N) is 1. The van der Waals surface area contributed by atoms with Crippen molar-refractivity contribution in [1.82, 2.24) is 4.90 Å². The van der Waals surface area contributed by atoms with Crippen LogP contribution in [-0.4, -0.2) is 23.9 Å². The predicted octanol–water partition coefficient (Wildman–Crippen LogP) is 2.68. The van der Waals surface area contributed by atoms with E-state index in [2.05, 4.69) is 4.90 Å². The fourth-order valence-electron chi connectivity index (χ4n) is 6.27. The Kier molecular flexibility index (Phi) is 1.79. The third-order valence-corrected chi connectivity index (χ3v) is 6.76. The lowest BCUT2D eigenvalue weighted by molar-refractivity contribution is -0.157. The molecule has 1 amide bonds. The lowest BCUT2D eigenvalue weighted by Gasteiger charge is -2.56. The smallest absolute Gasteiger partial charge is 0.228 e. The second-order valence-electron chi connectivity index (χ2n) is 8.16. The van der Waals surface area contributed by atoms with E-state index in [1.807, 2.05) is 0 Å². The first-order chi connectivity index (χ1) is 8.72. The number of fused-ring (bicyclic) bond motifs is 1. The number of likely N-dealkylation sites (tertiary alicyclic amines) is 1. The molecule has 0 radical (unpaired) electrons. The molecule has 2 heteroatoms. The van der Waals surface area contributed by atoms with Gasteiger partial charge in [0.05, 0.1) is 5.41 Å². The van der Waals surface area contributed by atoms with Gasteiger partial charge in [0.25, 0.3) is 0 Å². The second kappa shape index (κ2) is 3.13. The number of hydrogen-bond acceptors (Lipinski definition) is 1. The van der Waals surface area contributed by atoms with Crippen LogP contribution in [0.4, 0.5) is 0 Å². The topological polar surface area (TPSA) is 20.3 Å². The van der Waals surface area contributed by atoms with Crippen LogP contribution in [-0.2, 0) is 4.79 Å².